The molecule has 0 aliphatic carbocycles. The first-order valence-electron chi connectivity index (χ1n) is 4.86. The Morgan fingerprint density at radius 2 is 2.14 bits per heavy atom. The summed E-state index contributed by atoms with van der Waals surface area (Å²) in [6, 6.07) is 0. The van der Waals surface area contributed by atoms with Crippen molar-refractivity contribution in [3.8, 4) is 0 Å². The van der Waals surface area contributed by atoms with Gasteiger partial charge in [0.25, 0.3) is 0 Å². The van der Waals surface area contributed by atoms with E-state index in [2.05, 4.69) is 5.32 Å². The number of nitrogens with zero attached hydrogens (tertiary/aromatic N) is 1. The van der Waals surface area contributed by atoms with E-state index in [1.165, 1.54) is 0 Å². The first-order chi connectivity index (χ1) is 6.66. The number of nitrogens with two attached hydrogens (primary N) is 1. The minimum absolute atomic E-state index is 0.0105. The minimum atomic E-state index is -0.0105. The molecule has 0 saturated carbocycles. The molecule has 0 fully saturated rings. The SMILES string of the molecule is CN(C)CCOCCNC(=O)CCN. The van der Waals surface area contributed by atoms with Gasteiger partial charge in [-0.25, -0.2) is 0 Å². The van der Waals surface area contributed by atoms with Crippen LogP contribution in [0.5, 0.6) is 0 Å². The van der Waals surface area contributed by atoms with Gasteiger partial charge in [-0.15, -0.1) is 0 Å². The van der Waals surface area contributed by atoms with E-state index in [0.29, 0.717) is 32.7 Å². The van der Waals surface area contributed by atoms with Crippen LogP contribution in [0.3, 0.4) is 0 Å². The lowest BCUT2D eigenvalue weighted by Gasteiger charge is -2.10. The third-order valence-electron chi connectivity index (χ3n) is 1.62. The van der Waals surface area contributed by atoms with Crippen LogP contribution in [0.2, 0.25) is 0 Å². The third-order valence-corrected chi connectivity index (χ3v) is 1.62. The number of carbonyl (C=O) groups excluding carboxylic acids is 1. The van der Waals surface area contributed by atoms with Gasteiger partial charge in [0.05, 0.1) is 13.2 Å². The van der Waals surface area contributed by atoms with E-state index in [-0.39, 0.29) is 5.91 Å². The van der Waals surface area contributed by atoms with E-state index in [1.54, 1.807) is 0 Å². The molecule has 0 radical (unpaired) electrons. The Hall–Kier alpha value is -0.650. The molecular formula is C9H21N3O2. The van der Waals surface area contributed by atoms with Crippen LogP contribution in [0, 0.1) is 0 Å². The van der Waals surface area contributed by atoms with Gasteiger partial charge in [0, 0.05) is 26.1 Å². The number of likely N-dealkylation sites (N-methyl/N-ethyl adjacent to an activating group) is 1. The van der Waals surface area contributed by atoms with Crippen molar-refractivity contribution in [1.29, 1.82) is 0 Å². The van der Waals surface area contributed by atoms with Crippen LogP contribution >= 0.6 is 0 Å². The summed E-state index contributed by atoms with van der Waals surface area (Å²) in [5, 5.41) is 2.71. The van der Waals surface area contributed by atoms with Crippen LogP contribution in [0.25, 0.3) is 0 Å². The van der Waals surface area contributed by atoms with Crippen molar-refractivity contribution in [3.05, 3.63) is 0 Å². The van der Waals surface area contributed by atoms with E-state index < -0.39 is 0 Å². The summed E-state index contributed by atoms with van der Waals surface area (Å²) >= 11 is 0. The van der Waals surface area contributed by atoms with Crippen molar-refractivity contribution in [2.45, 2.75) is 6.42 Å². The van der Waals surface area contributed by atoms with Gasteiger partial charge < -0.3 is 20.7 Å². The summed E-state index contributed by atoms with van der Waals surface area (Å²) in [4.78, 5) is 13.0. The maximum Gasteiger partial charge on any atom is 0.221 e. The summed E-state index contributed by atoms with van der Waals surface area (Å²) < 4.78 is 5.29. The molecule has 0 atom stereocenters. The summed E-state index contributed by atoms with van der Waals surface area (Å²) in [5.74, 6) is -0.0105. The van der Waals surface area contributed by atoms with Gasteiger partial charge >= 0.3 is 0 Å². The standard InChI is InChI=1S/C9H21N3O2/c1-12(2)6-8-14-7-5-11-9(13)3-4-10/h3-8,10H2,1-2H3,(H,11,13). The van der Waals surface area contributed by atoms with Crippen LogP contribution in [0.4, 0.5) is 0 Å². The highest BCUT2D eigenvalue weighted by atomic mass is 16.5. The van der Waals surface area contributed by atoms with E-state index in [9.17, 15) is 4.79 Å². The Bertz CT molecular complexity index is 151. The summed E-state index contributed by atoms with van der Waals surface area (Å²) in [5.41, 5.74) is 5.22. The maximum atomic E-state index is 10.9. The molecule has 84 valence electrons. The molecule has 0 aliphatic heterocycles. The fourth-order valence-corrected chi connectivity index (χ4v) is 0.831. The van der Waals surface area contributed by atoms with E-state index >= 15 is 0 Å². The molecule has 0 saturated heterocycles. The average molecular weight is 203 g/mol. The minimum Gasteiger partial charge on any atom is -0.378 e. The van der Waals surface area contributed by atoms with Crippen molar-refractivity contribution in [2.24, 2.45) is 5.73 Å². The van der Waals surface area contributed by atoms with Crippen LogP contribution < -0.4 is 11.1 Å². The summed E-state index contributed by atoms with van der Waals surface area (Å²) in [6.07, 6.45) is 0.387. The quantitative estimate of drug-likeness (QED) is 0.498. The molecule has 3 N–H and O–H groups in total. The maximum absolute atomic E-state index is 10.9. The molecule has 0 aromatic heterocycles. The molecular weight excluding hydrogens is 182 g/mol. The number of hydrogen-bond acceptors (Lipinski definition) is 4. The van der Waals surface area contributed by atoms with Crippen molar-refractivity contribution in [1.82, 2.24) is 10.2 Å². The molecule has 0 heterocycles. The Kier molecular flexibility index (Phi) is 8.51. The molecule has 5 heteroatoms. The zero-order valence-corrected chi connectivity index (χ0v) is 9.08. The Balaban J connectivity index is 3.09. The molecule has 0 unspecified atom stereocenters. The fourth-order valence-electron chi connectivity index (χ4n) is 0.831. The molecule has 0 aromatic rings. The molecule has 1 amide bonds. The highest BCUT2D eigenvalue weighted by molar-refractivity contribution is 5.75. The topological polar surface area (TPSA) is 67.6 Å². The van der Waals surface area contributed by atoms with Crippen molar-refractivity contribution in [3.63, 3.8) is 0 Å². The van der Waals surface area contributed by atoms with E-state index in [0.717, 1.165) is 6.54 Å². The zero-order chi connectivity index (χ0) is 10.8. The predicted octanol–water partition coefficient (Wildman–Crippen LogP) is -0.970. The predicted molar refractivity (Wildman–Crippen MR) is 56.1 cm³/mol. The highest BCUT2D eigenvalue weighted by Gasteiger charge is 1.97. The largest absolute Gasteiger partial charge is 0.378 e. The van der Waals surface area contributed by atoms with Gasteiger partial charge in [-0.2, -0.15) is 0 Å². The second kappa shape index (κ2) is 8.93. The number of rotatable bonds is 8. The lowest BCUT2D eigenvalue weighted by Crippen LogP contribution is -2.29. The van der Waals surface area contributed by atoms with Crippen molar-refractivity contribution >= 4 is 5.91 Å². The van der Waals surface area contributed by atoms with Crippen molar-refractivity contribution < 1.29 is 9.53 Å². The number of nitrogens with one attached hydrogen (secondary N) is 1. The van der Waals surface area contributed by atoms with Gasteiger partial charge in [-0.05, 0) is 14.1 Å². The van der Waals surface area contributed by atoms with E-state index in [1.807, 2.05) is 19.0 Å². The monoisotopic (exact) mass is 203 g/mol. The Morgan fingerprint density at radius 1 is 1.43 bits per heavy atom. The number of amides is 1. The second-order valence-corrected chi connectivity index (χ2v) is 3.30. The summed E-state index contributed by atoms with van der Waals surface area (Å²) in [6.45, 7) is 3.11. The van der Waals surface area contributed by atoms with Gasteiger partial charge in [0.2, 0.25) is 5.91 Å². The second-order valence-electron chi connectivity index (χ2n) is 3.30. The smallest absolute Gasteiger partial charge is 0.221 e. The van der Waals surface area contributed by atoms with Gasteiger partial charge in [0.15, 0.2) is 0 Å². The van der Waals surface area contributed by atoms with Crippen LogP contribution in [0.1, 0.15) is 6.42 Å². The molecule has 14 heavy (non-hydrogen) atoms. The van der Waals surface area contributed by atoms with Crippen LogP contribution in [-0.2, 0) is 9.53 Å². The lowest BCUT2D eigenvalue weighted by molar-refractivity contribution is -0.121. The molecule has 0 aromatic carbocycles. The first kappa shape index (κ1) is 13.4. The number of ether oxygens (including phenoxy) is 1. The van der Waals surface area contributed by atoms with Crippen LogP contribution in [-0.4, -0.2) is 57.8 Å². The molecule has 0 rings (SSSR count). The lowest BCUT2D eigenvalue weighted by atomic mass is 10.4. The Morgan fingerprint density at radius 3 is 2.71 bits per heavy atom. The van der Waals surface area contributed by atoms with Gasteiger partial charge in [0.1, 0.15) is 0 Å². The average Bonchev–Trinajstić information content (AvgIpc) is 2.11. The normalized spacial score (nSPS) is 10.6. The molecule has 5 nitrogen and oxygen atoms in total. The molecule has 0 bridgehead atoms. The number of hydrogen-bond donors (Lipinski definition) is 2. The van der Waals surface area contributed by atoms with Crippen LogP contribution in [0.15, 0.2) is 0 Å². The van der Waals surface area contributed by atoms with Gasteiger partial charge in [-0.1, -0.05) is 0 Å². The third kappa shape index (κ3) is 9.44. The molecule has 0 aliphatic rings. The first-order valence-corrected chi connectivity index (χ1v) is 4.86. The summed E-state index contributed by atoms with van der Waals surface area (Å²) in [7, 11) is 3.98. The van der Waals surface area contributed by atoms with Gasteiger partial charge in [-0.3, -0.25) is 4.79 Å². The van der Waals surface area contributed by atoms with E-state index in [4.69, 9.17) is 10.5 Å². The molecule has 0 spiro atoms. The van der Waals surface area contributed by atoms with Crippen molar-refractivity contribution in [2.75, 3.05) is 46.9 Å². The number of carbonyl (C=O) groups is 1. The Labute approximate surface area is 85.6 Å². The highest BCUT2D eigenvalue weighted by Crippen LogP contribution is 1.79. The zero-order valence-electron chi connectivity index (χ0n) is 9.08. The fraction of sp³-hybridized carbons (Fsp3) is 0.889.